The molecule has 26 heavy (non-hydrogen) atoms. The second kappa shape index (κ2) is 6.75. The third-order valence-corrected chi connectivity index (χ3v) is 4.66. The number of nitrogens with one attached hydrogen (secondary N) is 1. The highest BCUT2D eigenvalue weighted by Gasteiger charge is 2.30. The largest absolute Gasteiger partial charge is 0.507 e. The van der Waals surface area contributed by atoms with E-state index in [1.54, 1.807) is 0 Å². The number of aromatic nitrogens is 1. The van der Waals surface area contributed by atoms with Gasteiger partial charge in [-0.15, -0.1) is 0 Å². The predicted molar refractivity (Wildman–Crippen MR) is 91.6 cm³/mol. The van der Waals surface area contributed by atoms with Gasteiger partial charge in [0.05, 0.1) is 28.0 Å². The van der Waals surface area contributed by atoms with Gasteiger partial charge in [-0.05, 0) is 30.3 Å². The number of anilines is 1. The van der Waals surface area contributed by atoms with Gasteiger partial charge in [-0.25, -0.2) is 4.98 Å². The summed E-state index contributed by atoms with van der Waals surface area (Å²) in [4.78, 5) is 16.4. The van der Waals surface area contributed by atoms with Gasteiger partial charge in [0, 0.05) is 10.6 Å². The van der Waals surface area contributed by atoms with Crippen LogP contribution in [0.5, 0.6) is 5.75 Å². The minimum Gasteiger partial charge on any atom is -0.507 e. The van der Waals surface area contributed by atoms with Crippen molar-refractivity contribution in [1.29, 1.82) is 0 Å². The number of halogens is 4. The number of nitrogens with zero attached hydrogens (tertiary/aromatic N) is 1. The van der Waals surface area contributed by atoms with Crippen molar-refractivity contribution in [2.75, 3.05) is 5.32 Å². The summed E-state index contributed by atoms with van der Waals surface area (Å²) in [5.41, 5.74) is -0.630. The Kier molecular flexibility index (Phi) is 4.78. The Bertz CT molecular complexity index is 1000. The Morgan fingerprint density at radius 3 is 2.65 bits per heavy atom. The van der Waals surface area contributed by atoms with Gasteiger partial charge in [-0.1, -0.05) is 22.9 Å². The SMILES string of the molecule is O=C(Nc1nc2ccc(C(F)(F)F)cc2s1)c1cc(Cl)cc(CO)c1O. The van der Waals surface area contributed by atoms with Crippen LogP contribution in [0.15, 0.2) is 30.3 Å². The van der Waals surface area contributed by atoms with E-state index in [0.717, 1.165) is 23.5 Å². The van der Waals surface area contributed by atoms with Gasteiger partial charge in [0.15, 0.2) is 5.13 Å². The van der Waals surface area contributed by atoms with E-state index in [1.807, 2.05) is 0 Å². The van der Waals surface area contributed by atoms with Crippen molar-refractivity contribution in [2.45, 2.75) is 12.8 Å². The summed E-state index contributed by atoms with van der Waals surface area (Å²) in [6.45, 7) is -0.520. The summed E-state index contributed by atoms with van der Waals surface area (Å²) in [5.74, 6) is -1.19. The van der Waals surface area contributed by atoms with E-state index in [9.17, 15) is 28.2 Å². The average molecular weight is 403 g/mol. The maximum atomic E-state index is 12.8. The van der Waals surface area contributed by atoms with Crippen molar-refractivity contribution in [2.24, 2.45) is 0 Å². The number of aromatic hydroxyl groups is 1. The van der Waals surface area contributed by atoms with E-state index < -0.39 is 30.0 Å². The highest BCUT2D eigenvalue weighted by molar-refractivity contribution is 7.22. The number of benzene rings is 2. The lowest BCUT2D eigenvalue weighted by atomic mass is 10.1. The van der Waals surface area contributed by atoms with Crippen molar-refractivity contribution in [1.82, 2.24) is 4.98 Å². The van der Waals surface area contributed by atoms with Gasteiger partial charge in [0.25, 0.3) is 5.91 Å². The van der Waals surface area contributed by atoms with Crippen LogP contribution in [0.1, 0.15) is 21.5 Å². The molecule has 0 atom stereocenters. The molecule has 136 valence electrons. The first kappa shape index (κ1) is 18.4. The van der Waals surface area contributed by atoms with Gasteiger partial charge < -0.3 is 10.2 Å². The molecule has 3 aromatic rings. The van der Waals surface area contributed by atoms with Crippen LogP contribution in [0.4, 0.5) is 18.3 Å². The Morgan fingerprint density at radius 1 is 1.27 bits per heavy atom. The third-order valence-electron chi connectivity index (χ3n) is 3.50. The number of carbonyl (C=O) groups excluding carboxylic acids is 1. The molecule has 3 N–H and O–H groups in total. The molecule has 1 aromatic heterocycles. The number of hydrogen-bond donors (Lipinski definition) is 3. The monoisotopic (exact) mass is 402 g/mol. The molecule has 3 rings (SSSR count). The van der Waals surface area contributed by atoms with Crippen LogP contribution >= 0.6 is 22.9 Å². The Labute approximate surface area is 153 Å². The molecule has 0 radical (unpaired) electrons. The number of alkyl halides is 3. The molecule has 0 aliphatic carbocycles. The molecule has 0 spiro atoms. The fraction of sp³-hybridized carbons (Fsp3) is 0.125. The van der Waals surface area contributed by atoms with E-state index in [4.69, 9.17) is 11.6 Å². The molecule has 1 heterocycles. The summed E-state index contributed by atoms with van der Waals surface area (Å²) >= 11 is 6.71. The number of fused-ring (bicyclic) bond motifs is 1. The highest BCUT2D eigenvalue weighted by Crippen LogP contribution is 2.35. The van der Waals surface area contributed by atoms with Crippen molar-refractivity contribution < 1.29 is 28.2 Å². The van der Waals surface area contributed by atoms with E-state index in [-0.39, 0.29) is 26.0 Å². The van der Waals surface area contributed by atoms with Crippen LogP contribution in [-0.4, -0.2) is 21.1 Å². The van der Waals surface area contributed by atoms with Crippen LogP contribution in [0, 0.1) is 0 Å². The fourth-order valence-electron chi connectivity index (χ4n) is 2.27. The summed E-state index contributed by atoms with van der Waals surface area (Å²) in [5, 5.41) is 21.8. The molecule has 2 aromatic carbocycles. The van der Waals surface area contributed by atoms with Crippen LogP contribution < -0.4 is 5.32 Å². The quantitative estimate of drug-likeness (QED) is 0.605. The first-order valence-electron chi connectivity index (χ1n) is 7.10. The third kappa shape index (κ3) is 3.59. The normalized spacial score (nSPS) is 11.7. The molecule has 0 saturated carbocycles. The lowest BCUT2D eigenvalue weighted by Crippen LogP contribution is -2.12. The molecule has 0 fully saturated rings. The number of aliphatic hydroxyl groups is 1. The smallest absolute Gasteiger partial charge is 0.416 e. The average Bonchev–Trinajstić information content (AvgIpc) is 2.96. The zero-order valence-electron chi connectivity index (χ0n) is 12.8. The topological polar surface area (TPSA) is 82.5 Å². The van der Waals surface area contributed by atoms with Crippen molar-refractivity contribution in [3.8, 4) is 5.75 Å². The summed E-state index contributed by atoms with van der Waals surface area (Å²) in [6, 6.07) is 5.59. The maximum Gasteiger partial charge on any atom is 0.416 e. The number of aliphatic hydroxyl groups excluding tert-OH is 1. The molecule has 0 bridgehead atoms. The Balaban J connectivity index is 1.92. The van der Waals surface area contributed by atoms with E-state index >= 15 is 0 Å². The van der Waals surface area contributed by atoms with Gasteiger partial charge >= 0.3 is 6.18 Å². The predicted octanol–water partition coefficient (Wildman–Crippen LogP) is 4.42. The zero-order valence-corrected chi connectivity index (χ0v) is 14.3. The first-order chi connectivity index (χ1) is 12.2. The minimum atomic E-state index is -4.48. The fourth-order valence-corrected chi connectivity index (χ4v) is 3.41. The van der Waals surface area contributed by atoms with Crippen molar-refractivity contribution >= 4 is 44.2 Å². The van der Waals surface area contributed by atoms with Gasteiger partial charge in [0.1, 0.15) is 5.75 Å². The van der Waals surface area contributed by atoms with Gasteiger partial charge in [0.2, 0.25) is 0 Å². The number of phenols is 1. The number of amides is 1. The molecule has 1 amide bonds. The Hall–Kier alpha value is -2.36. The molecule has 0 aliphatic heterocycles. The Morgan fingerprint density at radius 2 is 2.00 bits per heavy atom. The van der Waals surface area contributed by atoms with Crippen molar-refractivity contribution in [3.05, 3.63) is 52.0 Å². The van der Waals surface area contributed by atoms with Crippen LogP contribution in [0.25, 0.3) is 10.2 Å². The van der Waals surface area contributed by atoms with Crippen molar-refractivity contribution in [3.63, 3.8) is 0 Å². The van der Waals surface area contributed by atoms with E-state index in [1.165, 1.54) is 18.2 Å². The molecular weight excluding hydrogens is 393 g/mol. The van der Waals surface area contributed by atoms with Crippen LogP contribution in [-0.2, 0) is 12.8 Å². The number of hydrogen-bond acceptors (Lipinski definition) is 5. The summed E-state index contributed by atoms with van der Waals surface area (Å²) < 4.78 is 38.5. The van der Waals surface area contributed by atoms with E-state index in [0.29, 0.717) is 5.52 Å². The van der Waals surface area contributed by atoms with Crippen LogP contribution in [0.3, 0.4) is 0 Å². The number of carbonyl (C=O) groups is 1. The standard InChI is InChI=1S/C16H10ClF3N2O3S/c17-9-3-7(6-23)13(24)10(5-9)14(25)22-15-21-11-2-1-8(16(18,19)20)4-12(11)26-15/h1-5,23-24H,6H2,(H,21,22,25). The first-order valence-corrected chi connectivity index (χ1v) is 8.30. The molecule has 10 heteroatoms. The summed E-state index contributed by atoms with van der Waals surface area (Å²) in [6.07, 6.45) is -4.48. The van der Waals surface area contributed by atoms with Crippen LogP contribution in [0.2, 0.25) is 5.02 Å². The highest BCUT2D eigenvalue weighted by atomic mass is 35.5. The zero-order chi connectivity index (χ0) is 19.1. The van der Waals surface area contributed by atoms with Gasteiger partial charge in [-0.2, -0.15) is 13.2 Å². The van der Waals surface area contributed by atoms with Gasteiger partial charge in [-0.3, -0.25) is 10.1 Å². The molecular formula is C16H10ClF3N2O3S. The summed E-state index contributed by atoms with van der Waals surface area (Å²) in [7, 11) is 0. The second-order valence-electron chi connectivity index (χ2n) is 5.27. The van der Waals surface area contributed by atoms with E-state index in [2.05, 4.69) is 10.3 Å². The maximum absolute atomic E-state index is 12.8. The minimum absolute atomic E-state index is 0.0641. The lowest BCUT2D eigenvalue weighted by Gasteiger charge is -2.08. The lowest BCUT2D eigenvalue weighted by molar-refractivity contribution is -0.137. The molecule has 5 nitrogen and oxygen atoms in total. The molecule has 0 saturated heterocycles. The molecule has 0 unspecified atom stereocenters. The number of rotatable bonds is 3. The number of thiazole rings is 1. The second-order valence-corrected chi connectivity index (χ2v) is 6.74. The molecule has 0 aliphatic rings.